The largest absolute Gasteiger partial charge is 0.508 e. The number of hydrogen-bond acceptors (Lipinski definition) is 9. The summed E-state index contributed by atoms with van der Waals surface area (Å²) in [5.41, 5.74) is 1.62. The van der Waals surface area contributed by atoms with E-state index in [-0.39, 0.29) is 64.6 Å². The second-order valence-electron chi connectivity index (χ2n) is 8.25. The van der Waals surface area contributed by atoms with Crippen molar-refractivity contribution >= 4 is 5.78 Å². The number of rotatable bonds is 4. The number of ketones is 1. The summed E-state index contributed by atoms with van der Waals surface area (Å²) in [7, 11) is 1.42. The molecule has 2 heterocycles. The van der Waals surface area contributed by atoms with E-state index in [2.05, 4.69) is 0 Å². The Balaban J connectivity index is 1.58. The second kappa shape index (κ2) is 8.03. The Bertz CT molecular complexity index is 1300. The molecule has 3 atom stereocenters. The van der Waals surface area contributed by atoms with Gasteiger partial charge in [0.1, 0.15) is 35.0 Å². The van der Waals surface area contributed by atoms with Gasteiger partial charge in [0, 0.05) is 23.3 Å². The van der Waals surface area contributed by atoms with Crippen LogP contribution < -0.4 is 14.2 Å². The molecule has 0 radical (unpaired) electrons. The molecule has 0 saturated carbocycles. The highest BCUT2D eigenvalue weighted by molar-refractivity contribution is 6.02. The molecule has 0 unspecified atom stereocenters. The van der Waals surface area contributed by atoms with Gasteiger partial charge in [-0.2, -0.15) is 0 Å². The number of carbonyl (C=O) groups excluding carboxylic acids is 1. The zero-order valence-electron chi connectivity index (χ0n) is 18.1. The van der Waals surface area contributed by atoms with Crippen LogP contribution in [0.1, 0.15) is 51.6 Å². The van der Waals surface area contributed by atoms with Crippen molar-refractivity contribution in [2.75, 3.05) is 13.7 Å². The molecule has 0 fully saturated rings. The third-order valence-electron chi connectivity index (χ3n) is 6.25. The molecule has 2 aliphatic rings. The molecular formula is C25H22O9. The first-order chi connectivity index (χ1) is 16.3. The van der Waals surface area contributed by atoms with Gasteiger partial charge in [-0.05, 0) is 23.8 Å². The predicted octanol–water partition coefficient (Wildman–Crippen LogP) is 3.43. The normalized spacial score (nSPS) is 20.8. The van der Waals surface area contributed by atoms with E-state index in [1.807, 2.05) is 0 Å². The van der Waals surface area contributed by atoms with Crippen LogP contribution in [0, 0.1) is 0 Å². The van der Waals surface area contributed by atoms with Crippen molar-refractivity contribution in [1.82, 2.24) is 0 Å². The van der Waals surface area contributed by atoms with Crippen LogP contribution in [0.3, 0.4) is 0 Å². The Hall–Kier alpha value is -4.11. The van der Waals surface area contributed by atoms with Gasteiger partial charge in [0.15, 0.2) is 28.8 Å². The van der Waals surface area contributed by atoms with E-state index in [9.17, 15) is 30.3 Å². The molecular weight excluding hydrogens is 444 g/mol. The van der Waals surface area contributed by atoms with Gasteiger partial charge in [0.2, 0.25) is 0 Å². The summed E-state index contributed by atoms with van der Waals surface area (Å²) in [5.74, 6) is -1.36. The average molecular weight is 466 g/mol. The van der Waals surface area contributed by atoms with Crippen molar-refractivity contribution in [3.63, 3.8) is 0 Å². The first-order valence-electron chi connectivity index (χ1n) is 10.6. The Morgan fingerprint density at radius 1 is 0.971 bits per heavy atom. The minimum Gasteiger partial charge on any atom is -0.508 e. The average Bonchev–Trinajstić information content (AvgIpc) is 3.19. The maximum absolute atomic E-state index is 12.8. The van der Waals surface area contributed by atoms with Gasteiger partial charge in [-0.15, -0.1) is 0 Å². The Kier molecular flexibility index (Phi) is 5.13. The number of phenolic OH excluding ortho intramolecular Hbond substituents is 4. The number of carbonyl (C=O) groups is 1. The monoisotopic (exact) mass is 466 g/mol. The van der Waals surface area contributed by atoms with Gasteiger partial charge >= 0.3 is 0 Å². The highest BCUT2D eigenvalue weighted by Crippen LogP contribution is 2.54. The van der Waals surface area contributed by atoms with Crippen molar-refractivity contribution in [1.29, 1.82) is 0 Å². The van der Waals surface area contributed by atoms with Gasteiger partial charge in [0.05, 0.1) is 26.1 Å². The highest BCUT2D eigenvalue weighted by atomic mass is 16.5. The number of aliphatic hydroxyl groups is 1. The van der Waals surface area contributed by atoms with E-state index in [1.54, 1.807) is 18.2 Å². The molecule has 0 aliphatic carbocycles. The fraction of sp³-hybridized carbons (Fsp3) is 0.240. The van der Waals surface area contributed by atoms with Crippen molar-refractivity contribution in [3.05, 3.63) is 64.7 Å². The van der Waals surface area contributed by atoms with Crippen LogP contribution in [0.5, 0.6) is 40.2 Å². The molecule has 5 rings (SSSR count). The third-order valence-corrected chi connectivity index (χ3v) is 6.25. The molecule has 0 bridgehead atoms. The number of aliphatic hydroxyl groups excluding tert-OH is 1. The van der Waals surface area contributed by atoms with Crippen molar-refractivity contribution in [2.24, 2.45) is 0 Å². The third kappa shape index (κ3) is 3.32. The van der Waals surface area contributed by atoms with E-state index in [1.165, 1.54) is 25.3 Å². The summed E-state index contributed by atoms with van der Waals surface area (Å²) >= 11 is 0. The molecule has 9 heteroatoms. The lowest BCUT2D eigenvalue weighted by Crippen LogP contribution is -2.22. The first-order valence-corrected chi connectivity index (χ1v) is 10.6. The molecule has 9 nitrogen and oxygen atoms in total. The van der Waals surface area contributed by atoms with E-state index in [4.69, 9.17) is 14.2 Å². The van der Waals surface area contributed by atoms with Crippen LogP contribution in [0.15, 0.2) is 42.5 Å². The van der Waals surface area contributed by atoms with E-state index >= 15 is 0 Å². The fourth-order valence-corrected chi connectivity index (χ4v) is 4.71. The summed E-state index contributed by atoms with van der Waals surface area (Å²) in [6.45, 7) is -0.337. The van der Waals surface area contributed by atoms with Crippen molar-refractivity contribution in [2.45, 2.75) is 24.5 Å². The number of aromatic hydroxyl groups is 4. The number of phenols is 4. The lowest BCUT2D eigenvalue weighted by molar-refractivity contribution is 0.0843. The maximum atomic E-state index is 12.8. The predicted molar refractivity (Wildman–Crippen MR) is 118 cm³/mol. The quantitative estimate of drug-likeness (QED) is 0.390. The Morgan fingerprint density at radius 2 is 1.74 bits per heavy atom. The number of methoxy groups -OCH3 is 1. The SMILES string of the molecule is COc1cc([C@@H]2Oc3c(O)ccc([C@@H]4CC(=O)c5c(O)cc(O)cc5O4)c3[C@@H]2CO)ccc1O. The van der Waals surface area contributed by atoms with Crippen LogP contribution in [0.25, 0.3) is 0 Å². The molecule has 0 spiro atoms. The second-order valence-corrected chi connectivity index (χ2v) is 8.25. The Morgan fingerprint density at radius 3 is 2.47 bits per heavy atom. The van der Waals surface area contributed by atoms with Gasteiger partial charge < -0.3 is 39.7 Å². The summed E-state index contributed by atoms with van der Waals surface area (Å²) in [5, 5.41) is 50.7. The van der Waals surface area contributed by atoms with E-state index < -0.39 is 18.1 Å². The minimum absolute atomic E-state index is 0.00602. The van der Waals surface area contributed by atoms with E-state index in [0.717, 1.165) is 6.07 Å². The summed E-state index contributed by atoms with van der Waals surface area (Å²) in [6.07, 6.45) is -1.61. The van der Waals surface area contributed by atoms with Crippen LogP contribution >= 0.6 is 0 Å². The zero-order valence-corrected chi connectivity index (χ0v) is 18.1. The Labute approximate surface area is 194 Å². The van der Waals surface area contributed by atoms with Gasteiger partial charge in [-0.1, -0.05) is 12.1 Å². The topological polar surface area (TPSA) is 146 Å². The number of ether oxygens (including phenoxy) is 3. The number of Topliss-reactive ketones (excluding diaryl/α,β-unsaturated/α-hetero) is 1. The molecule has 34 heavy (non-hydrogen) atoms. The van der Waals surface area contributed by atoms with Crippen LogP contribution in [-0.4, -0.2) is 45.0 Å². The maximum Gasteiger partial charge on any atom is 0.174 e. The van der Waals surface area contributed by atoms with Crippen LogP contribution in [0.2, 0.25) is 0 Å². The minimum atomic E-state index is -0.804. The molecule has 3 aromatic carbocycles. The zero-order chi connectivity index (χ0) is 24.1. The standard InChI is InChI=1S/C25H22O9/c1-32-20-6-11(2-4-15(20)28)24-14(10-26)22-13(3-5-16(29)25(22)34-24)19-9-18(31)23-17(30)7-12(27)8-21(23)33-19/h2-8,14,19,24,26-30H,9-10H2,1H3/t14-,19-,24-/m0/s1. The molecule has 5 N–H and O–H groups in total. The van der Waals surface area contributed by atoms with Gasteiger partial charge in [0.25, 0.3) is 0 Å². The molecule has 3 aromatic rings. The summed E-state index contributed by atoms with van der Waals surface area (Å²) < 4.78 is 17.2. The van der Waals surface area contributed by atoms with Crippen LogP contribution in [0.4, 0.5) is 0 Å². The number of fused-ring (bicyclic) bond motifs is 2. The van der Waals surface area contributed by atoms with E-state index in [0.29, 0.717) is 16.7 Å². The summed E-state index contributed by atoms with van der Waals surface area (Å²) in [4.78, 5) is 12.8. The molecule has 0 aromatic heterocycles. The first kappa shape index (κ1) is 21.7. The van der Waals surface area contributed by atoms with Gasteiger partial charge in [-0.25, -0.2) is 0 Å². The lowest BCUT2D eigenvalue weighted by Gasteiger charge is -2.28. The summed E-state index contributed by atoms with van der Waals surface area (Å²) in [6, 6.07) is 10.0. The fourth-order valence-electron chi connectivity index (χ4n) is 4.71. The smallest absolute Gasteiger partial charge is 0.174 e. The van der Waals surface area contributed by atoms with Crippen molar-refractivity contribution in [3.8, 4) is 40.2 Å². The molecule has 0 saturated heterocycles. The van der Waals surface area contributed by atoms with Gasteiger partial charge in [-0.3, -0.25) is 4.79 Å². The molecule has 2 aliphatic heterocycles. The number of hydrogen-bond donors (Lipinski definition) is 5. The number of benzene rings is 3. The highest BCUT2D eigenvalue weighted by Gasteiger charge is 2.42. The van der Waals surface area contributed by atoms with Crippen molar-refractivity contribution < 1.29 is 44.5 Å². The molecule has 0 amide bonds. The molecule has 176 valence electrons. The lowest BCUT2D eigenvalue weighted by atomic mass is 9.85. The van der Waals surface area contributed by atoms with Crippen LogP contribution in [-0.2, 0) is 0 Å².